The van der Waals surface area contributed by atoms with E-state index in [9.17, 15) is 22.0 Å². The van der Waals surface area contributed by atoms with Crippen LogP contribution in [0.2, 0.25) is 0 Å². The van der Waals surface area contributed by atoms with Gasteiger partial charge in [-0.2, -0.15) is 13.2 Å². The maximum absolute atomic E-state index is 12.6. The normalized spacial score (nSPS) is 20.0. The molecule has 1 aliphatic heterocycles. The van der Waals surface area contributed by atoms with Crippen LogP contribution < -0.4 is 4.74 Å². The minimum absolute atomic E-state index is 0.107. The molecule has 8 aliphatic carbocycles. The highest BCUT2D eigenvalue weighted by Gasteiger charge is 2.46. The third-order valence-electron chi connectivity index (χ3n) is 27.4. The minimum atomic E-state index is -4.00. The summed E-state index contributed by atoms with van der Waals surface area (Å²) in [6.07, 6.45) is 37.9. The van der Waals surface area contributed by atoms with Gasteiger partial charge in [0.1, 0.15) is 5.75 Å². The number of hydrogen-bond donors (Lipinski definition) is 0. The van der Waals surface area contributed by atoms with Crippen LogP contribution in [0.4, 0.5) is 22.0 Å². The highest BCUT2D eigenvalue weighted by atomic mass is 19.4. The van der Waals surface area contributed by atoms with E-state index < -0.39 is 18.0 Å². The molecule has 4 nitrogen and oxygen atoms in total. The number of alkyl halides is 5. The van der Waals surface area contributed by atoms with E-state index in [4.69, 9.17) is 9.47 Å². The Kier molecular flexibility index (Phi) is 60.6. The van der Waals surface area contributed by atoms with Crippen molar-refractivity contribution in [2.75, 3.05) is 26.7 Å². The van der Waals surface area contributed by atoms with E-state index >= 15 is 0 Å². The SMILES string of the molecule is CC(C)C(C)(C)C.CC(C)C(F)(F)F.CC(C)C1(c2ccccc2)CC1.CC(C)C1CCC(F)(F)CC1.CC(C)C1CCC1.CC(C)C1CCCC1.CC(C)C1CCCC1(C)C.CC(C)C1CCCCC1.CC(C)N(C)CC1CC1.CC(C)N1CCCCC1.CC(C)OC1CCCCC1.CC(C)Oc1ccccc1.CC(C)c1ccccc1. The van der Waals surface area contributed by atoms with Crippen molar-refractivity contribution in [1.29, 1.82) is 0 Å². The van der Waals surface area contributed by atoms with Crippen molar-refractivity contribution < 1.29 is 31.4 Å². The van der Waals surface area contributed by atoms with Gasteiger partial charge in [0.25, 0.3) is 0 Å². The number of ether oxygens (including phenoxy) is 2. The summed E-state index contributed by atoms with van der Waals surface area (Å²) in [4.78, 5) is 4.99. The highest BCUT2D eigenvalue weighted by molar-refractivity contribution is 5.31. The number of piperidine rings is 1. The molecule has 1 atom stereocenters. The quantitative estimate of drug-likeness (QED) is 0.133. The molecule has 0 aromatic heterocycles. The van der Waals surface area contributed by atoms with Crippen molar-refractivity contribution in [3.63, 3.8) is 0 Å². The molecule has 9 fully saturated rings. The molecule has 0 N–H and O–H groups in total. The first-order valence-electron chi connectivity index (χ1n) is 49.4. The van der Waals surface area contributed by atoms with Crippen LogP contribution in [0.1, 0.15) is 431 Å². The first kappa shape index (κ1) is 115. The maximum Gasteiger partial charge on any atom is 0.391 e. The second-order valence-electron chi connectivity index (χ2n) is 43.1. The van der Waals surface area contributed by atoms with Gasteiger partial charge in [-0.3, -0.25) is 0 Å². The van der Waals surface area contributed by atoms with Gasteiger partial charge in [-0.1, -0.05) is 347 Å². The van der Waals surface area contributed by atoms with Gasteiger partial charge in [-0.25, -0.2) is 8.78 Å². The third kappa shape index (κ3) is 56.1. The molecule has 0 amide bonds. The lowest BCUT2D eigenvalue weighted by Crippen LogP contribution is -2.35. The van der Waals surface area contributed by atoms with E-state index in [1.165, 1.54) is 199 Å². The molecule has 1 heterocycles. The van der Waals surface area contributed by atoms with Gasteiger partial charge >= 0.3 is 6.18 Å². The van der Waals surface area contributed by atoms with Gasteiger partial charge in [-0.15, -0.1) is 0 Å². The summed E-state index contributed by atoms with van der Waals surface area (Å²) in [5, 5.41) is 0. The van der Waals surface area contributed by atoms with E-state index in [0.29, 0.717) is 59.0 Å². The Hall–Kier alpha value is -3.01. The molecule has 9 aliphatic rings. The fraction of sp³-hybridized carbons (Fsp3) is 0.835. The number of nitrogens with zero attached hydrogens (tertiary/aromatic N) is 2. The van der Waals surface area contributed by atoms with Crippen molar-refractivity contribution in [3.05, 3.63) is 102 Å². The predicted molar refractivity (Wildman–Crippen MR) is 512 cm³/mol. The summed E-state index contributed by atoms with van der Waals surface area (Å²) in [7, 11) is 2.21. The van der Waals surface area contributed by atoms with E-state index in [1.54, 1.807) is 5.56 Å². The smallest absolute Gasteiger partial charge is 0.391 e. The van der Waals surface area contributed by atoms with Crippen LogP contribution >= 0.6 is 0 Å². The molecule has 1 unspecified atom stereocenters. The Morgan fingerprint density at radius 2 is 0.788 bits per heavy atom. The molecule has 0 radical (unpaired) electrons. The van der Waals surface area contributed by atoms with Crippen molar-refractivity contribution in [1.82, 2.24) is 9.80 Å². The van der Waals surface area contributed by atoms with E-state index in [0.717, 1.165) is 96.8 Å². The molecule has 8 saturated carbocycles. The lowest BCUT2D eigenvalue weighted by Gasteiger charge is -2.30. The number of likely N-dealkylation sites (tertiary alicyclic amines) is 1. The molecule has 3 aromatic rings. The van der Waals surface area contributed by atoms with Crippen molar-refractivity contribution in [2.24, 2.45) is 93.7 Å². The molecule has 0 spiro atoms. The number of halogens is 5. The molecule has 12 rings (SSSR count). The summed E-state index contributed by atoms with van der Waals surface area (Å²) in [6.45, 7) is 71.8. The molecule has 0 bridgehead atoms. The van der Waals surface area contributed by atoms with Gasteiger partial charge in [-0.05, 0) is 275 Å². The molecule has 1 saturated heterocycles. The summed E-state index contributed by atoms with van der Waals surface area (Å²) < 4.78 is 69.9. The van der Waals surface area contributed by atoms with Crippen LogP contribution in [-0.4, -0.2) is 79.0 Å². The van der Waals surface area contributed by atoms with Crippen molar-refractivity contribution >= 4 is 0 Å². The fourth-order valence-electron chi connectivity index (χ4n) is 16.5. The number of para-hydroxylation sites is 1. The lowest BCUT2D eigenvalue weighted by atomic mass is 9.76. The van der Waals surface area contributed by atoms with E-state index in [2.05, 4.69) is 258 Å². The minimum Gasteiger partial charge on any atom is -0.491 e. The molecule has 118 heavy (non-hydrogen) atoms. The molecular weight excluding hydrogens is 1460 g/mol. The van der Waals surface area contributed by atoms with Crippen LogP contribution in [0.15, 0.2) is 91.0 Å². The summed E-state index contributed by atoms with van der Waals surface area (Å²) in [5.74, 6) is 9.68. The average Bonchev–Trinajstić information content (AvgIpc) is 1.61. The highest BCUT2D eigenvalue weighted by Crippen LogP contribution is 2.54. The molecule has 9 heteroatoms. The first-order valence-corrected chi connectivity index (χ1v) is 49.4. The second kappa shape index (κ2) is 62.2. The zero-order valence-corrected chi connectivity index (χ0v) is 83.8. The van der Waals surface area contributed by atoms with Crippen LogP contribution in [0.5, 0.6) is 5.75 Å². The van der Waals surface area contributed by atoms with Crippen molar-refractivity contribution in [3.8, 4) is 5.75 Å². The Labute approximate surface area is 732 Å². The van der Waals surface area contributed by atoms with Gasteiger partial charge in [0.2, 0.25) is 5.92 Å². The summed E-state index contributed by atoms with van der Waals surface area (Å²) in [6, 6.07) is 32.8. The monoisotopic (exact) mass is 1660 g/mol. The number of rotatable bonds is 16. The Bertz CT molecular complexity index is 2680. The van der Waals surface area contributed by atoms with Gasteiger partial charge in [0.15, 0.2) is 0 Å². The summed E-state index contributed by atoms with van der Waals surface area (Å²) in [5.41, 5.74) is 4.63. The van der Waals surface area contributed by atoms with Gasteiger partial charge < -0.3 is 19.3 Å². The standard InChI is InChI=1S/C12H16.C10H20.C9H16F2.C9H18O.C9H12O.C9H18.C9H12.2C8H17N.C8H16.C7H14.C7H16.C4H7F3/c1-10(2)12(8-9-12)11-6-4-3-5-7-11;1-8(2)9-6-5-7-10(9,3)4;1-7(2)8-3-5-9(10,11)6-4-8;2*1-8(2)10-9-6-4-3-5-7-9;2*1-8(2)9-6-4-3-5-7-9;1-7(2)9(3)6-8-4-5-8;1-8(2)9-6-4-3-5-7-9;1-7(2)8-5-3-4-6-8;1-6(2)7-4-3-5-7;1-6(2)7(3,4)5;1-3(2)4(5,6)7/h3-7,10H,8-9H2,1-2H3;8-9H,5-7H2,1-4H3;7-8H,3-6H2,1-2H3;8-9H,3-7H2,1-2H3;3-8H,1-2H3;8-9H,3-7H2,1-2H3;3-8H,1-2H3;7-8H,4-6H2,1-3H3;8H,3-7H2,1-2H3;7-8H,3-6H2,1-2H3;6-7H,3-5H2,1-2H3;6H,1-5H3;3H,1-2H3. The van der Waals surface area contributed by atoms with Crippen molar-refractivity contribution in [2.45, 2.75) is 468 Å². The zero-order chi connectivity index (χ0) is 90.0. The van der Waals surface area contributed by atoms with Crippen LogP contribution in [0.3, 0.4) is 0 Å². The maximum atomic E-state index is 12.6. The number of benzene rings is 3. The number of hydrogen-bond acceptors (Lipinski definition) is 4. The first-order chi connectivity index (χ1) is 55.0. The lowest BCUT2D eigenvalue weighted by molar-refractivity contribution is -0.164. The zero-order valence-electron chi connectivity index (χ0n) is 83.8. The topological polar surface area (TPSA) is 24.9 Å². The Morgan fingerprint density at radius 3 is 1.05 bits per heavy atom. The fourth-order valence-corrected chi connectivity index (χ4v) is 16.5. The van der Waals surface area contributed by atoms with Crippen LogP contribution in [0.25, 0.3) is 0 Å². The van der Waals surface area contributed by atoms with Crippen LogP contribution in [-0.2, 0) is 10.2 Å². The molecule has 3 aromatic carbocycles. The second-order valence-corrected chi connectivity index (χ2v) is 43.1. The van der Waals surface area contributed by atoms with E-state index in [1.807, 2.05) is 50.2 Å². The Balaban J connectivity index is 0.00000126. The Morgan fingerprint density at radius 1 is 0.415 bits per heavy atom. The van der Waals surface area contributed by atoms with E-state index in [-0.39, 0.29) is 18.9 Å². The third-order valence-corrected chi connectivity index (χ3v) is 27.4. The molecule has 692 valence electrons. The molecular formula is C109H199F5N2O2. The predicted octanol–water partition coefficient (Wildman–Crippen LogP) is 35.3. The van der Waals surface area contributed by atoms with Gasteiger partial charge in [0, 0.05) is 37.4 Å². The van der Waals surface area contributed by atoms with Crippen LogP contribution in [0, 0.1) is 93.7 Å². The largest absolute Gasteiger partial charge is 0.491 e. The summed E-state index contributed by atoms with van der Waals surface area (Å²) >= 11 is 0. The van der Waals surface area contributed by atoms with Gasteiger partial charge in [0.05, 0.1) is 18.3 Å². The average molecular weight is 1660 g/mol.